The second-order valence-corrected chi connectivity index (χ2v) is 2.77. The molecule has 0 N–H and O–H groups in total. The lowest BCUT2D eigenvalue weighted by atomic mass is 10.1. The van der Waals surface area contributed by atoms with Gasteiger partial charge >= 0.3 is 0 Å². The summed E-state index contributed by atoms with van der Waals surface area (Å²) in [6.07, 6.45) is 0. The lowest BCUT2D eigenvalue weighted by Crippen LogP contribution is -1.86. The van der Waals surface area contributed by atoms with Crippen molar-refractivity contribution in [1.29, 1.82) is 5.26 Å². The Kier molecular flexibility index (Phi) is 2.90. The predicted molar refractivity (Wildman–Crippen MR) is 48.6 cm³/mol. The number of nitrogens with zero attached hydrogens (tertiary/aromatic N) is 1. The first-order valence-corrected chi connectivity index (χ1v) is 3.89. The first-order valence-electron chi connectivity index (χ1n) is 3.51. The summed E-state index contributed by atoms with van der Waals surface area (Å²) in [5, 5.41) is 8.47. The Hall–Kier alpha value is -1.51. The molecule has 0 aromatic heterocycles. The molecule has 64 valence electrons. The summed E-state index contributed by atoms with van der Waals surface area (Å²) in [7, 11) is 0. The Morgan fingerprint density at radius 2 is 2.15 bits per heavy atom. The van der Waals surface area contributed by atoms with Gasteiger partial charge in [-0.1, -0.05) is 11.6 Å². The van der Waals surface area contributed by atoms with Crippen molar-refractivity contribution in [3.63, 3.8) is 0 Å². The molecule has 3 heteroatoms. The van der Waals surface area contributed by atoms with Gasteiger partial charge in [-0.3, -0.25) is 0 Å². The first kappa shape index (κ1) is 9.58. The molecule has 0 aliphatic rings. The van der Waals surface area contributed by atoms with E-state index in [1.54, 1.807) is 13.0 Å². The predicted octanol–water partition coefficient (Wildman–Crippen LogP) is 2.66. The summed E-state index contributed by atoms with van der Waals surface area (Å²) < 4.78 is 12.9. The topological polar surface area (TPSA) is 23.8 Å². The summed E-state index contributed by atoms with van der Waals surface area (Å²) >= 11 is 5.78. The third kappa shape index (κ3) is 1.99. The van der Waals surface area contributed by atoms with Crippen molar-refractivity contribution in [1.82, 2.24) is 0 Å². The molecule has 0 amide bonds. The number of hydrogen-bond donors (Lipinski definition) is 0. The van der Waals surface area contributed by atoms with Gasteiger partial charge < -0.3 is 0 Å². The van der Waals surface area contributed by atoms with Gasteiger partial charge in [-0.25, -0.2) is 4.39 Å². The quantitative estimate of drug-likeness (QED) is 0.581. The average molecular weight is 194 g/mol. The van der Waals surface area contributed by atoms with E-state index in [9.17, 15) is 4.39 Å². The molecule has 0 fully saturated rings. The molecule has 1 aromatic rings. The standard InChI is InChI=1S/C10H5ClFN/c1-7-9(12)5-4-8(10(7)11)3-2-6-13/h4-5H,1H3. The van der Waals surface area contributed by atoms with Crippen LogP contribution in [0.15, 0.2) is 12.1 Å². The van der Waals surface area contributed by atoms with Crippen LogP contribution in [0.2, 0.25) is 5.02 Å². The molecule has 0 saturated heterocycles. The van der Waals surface area contributed by atoms with Gasteiger partial charge in [0.25, 0.3) is 0 Å². The van der Waals surface area contributed by atoms with Crippen molar-refractivity contribution in [2.75, 3.05) is 0 Å². The molecule has 0 radical (unpaired) electrons. The normalized spacial score (nSPS) is 8.46. The summed E-state index contributed by atoms with van der Waals surface area (Å²) in [6, 6.07) is 4.40. The van der Waals surface area contributed by atoms with E-state index in [0.717, 1.165) is 0 Å². The third-order valence-corrected chi connectivity index (χ3v) is 2.06. The fourth-order valence-electron chi connectivity index (χ4n) is 0.853. The molecule has 0 aliphatic heterocycles. The van der Waals surface area contributed by atoms with Crippen LogP contribution in [-0.2, 0) is 0 Å². The molecule has 13 heavy (non-hydrogen) atoms. The number of nitriles is 1. The molecular formula is C10H5ClFN. The maximum absolute atomic E-state index is 12.9. The molecule has 0 unspecified atom stereocenters. The van der Waals surface area contributed by atoms with Gasteiger partial charge in [0.05, 0.1) is 5.02 Å². The Labute approximate surface area is 80.8 Å². The molecule has 0 aliphatic carbocycles. The molecule has 0 saturated carbocycles. The third-order valence-electron chi connectivity index (χ3n) is 1.57. The van der Waals surface area contributed by atoms with Crippen molar-refractivity contribution in [3.05, 3.63) is 34.1 Å². The van der Waals surface area contributed by atoms with Gasteiger partial charge in [0.1, 0.15) is 5.82 Å². The minimum absolute atomic E-state index is 0.266. The van der Waals surface area contributed by atoms with Crippen LogP contribution in [0.3, 0.4) is 0 Å². The fourth-order valence-corrected chi connectivity index (χ4v) is 1.05. The molecule has 0 spiro atoms. The van der Waals surface area contributed by atoms with E-state index in [1.165, 1.54) is 12.1 Å². The van der Waals surface area contributed by atoms with Gasteiger partial charge in [0.2, 0.25) is 0 Å². The summed E-state index contributed by atoms with van der Waals surface area (Å²) in [4.78, 5) is 0. The Morgan fingerprint density at radius 3 is 2.77 bits per heavy atom. The Morgan fingerprint density at radius 1 is 1.46 bits per heavy atom. The largest absolute Gasteiger partial charge is 0.207 e. The monoisotopic (exact) mass is 193 g/mol. The van der Waals surface area contributed by atoms with E-state index < -0.39 is 0 Å². The summed E-state index contributed by atoms with van der Waals surface area (Å²) in [6.45, 7) is 1.56. The van der Waals surface area contributed by atoms with Crippen LogP contribution in [0.1, 0.15) is 11.1 Å². The fraction of sp³-hybridized carbons (Fsp3) is 0.100. The lowest BCUT2D eigenvalue weighted by Gasteiger charge is -2.00. The maximum atomic E-state index is 12.9. The van der Waals surface area contributed by atoms with E-state index >= 15 is 0 Å². The minimum atomic E-state index is -0.368. The smallest absolute Gasteiger partial charge is 0.152 e. The zero-order valence-electron chi connectivity index (χ0n) is 6.86. The van der Waals surface area contributed by atoms with Crippen molar-refractivity contribution >= 4 is 11.6 Å². The molecule has 0 atom stereocenters. The van der Waals surface area contributed by atoms with Crippen molar-refractivity contribution in [2.24, 2.45) is 0 Å². The van der Waals surface area contributed by atoms with Crippen LogP contribution < -0.4 is 0 Å². The van der Waals surface area contributed by atoms with E-state index in [0.29, 0.717) is 11.1 Å². The number of rotatable bonds is 0. The van der Waals surface area contributed by atoms with Crippen LogP contribution in [0.4, 0.5) is 4.39 Å². The Bertz CT molecular complexity index is 435. The maximum Gasteiger partial charge on any atom is 0.152 e. The van der Waals surface area contributed by atoms with Crippen LogP contribution >= 0.6 is 11.6 Å². The highest BCUT2D eigenvalue weighted by atomic mass is 35.5. The SMILES string of the molecule is Cc1c(F)ccc(C#CC#N)c1Cl. The highest BCUT2D eigenvalue weighted by Crippen LogP contribution is 2.21. The highest BCUT2D eigenvalue weighted by Gasteiger charge is 2.05. The van der Waals surface area contributed by atoms with Crippen LogP contribution in [0, 0.1) is 35.9 Å². The minimum Gasteiger partial charge on any atom is -0.207 e. The zero-order chi connectivity index (χ0) is 9.84. The highest BCUT2D eigenvalue weighted by molar-refractivity contribution is 6.32. The van der Waals surface area contributed by atoms with Gasteiger partial charge in [0.15, 0.2) is 6.07 Å². The van der Waals surface area contributed by atoms with E-state index in [1.807, 2.05) is 0 Å². The first-order chi connectivity index (χ1) is 6.16. The van der Waals surface area contributed by atoms with Crippen LogP contribution in [0.25, 0.3) is 0 Å². The molecule has 0 heterocycles. The van der Waals surface area contributed by atoms with Gasteiger partial charge in [-0.05, 0) is 25.0 Å². The number of halogens is 2. The Balaban J connectivity index is 3.28. The van der Waals surface area contributed by atoms with Gasteiger partial charge in [-0.15, -0.1) is 0 Å². The molecule has 0 bridgehead atoms. The molecular weight excluding hydrogens is 189 g/mol. The van der Waals surface area contributed by atoms with Crippen molar-refractivity contribution < 1.29 is 4.39 Å². The van der Waals surface area contributed by atoms with Crippen molar-refractivity contribution in [3.8, 4) is 17.9 Å². The van der Waals surface area contributed by atoms with E-state index in [-0.39, 0.29) is 10.8 Å². The molecule has 1 aromatic carbocycles. The summed E-state index contributed by atoms with van der Waals surface area (Å²) in [5.74, 6) is 4.35. The number of benzene rings is 1. The number of hydrogen-bond acceptors (Lipinski definition) is 1. The van der Waals surface area contributed by atoms with Gasteiger partial charge in [-0.2, -0.15) is 5.26 Å². The second kappa shape index (κ2) is 3.94. The second-order valence-electron chi connectivity index (χ2n) is 2.40. The van der Waals surface area contributed by atoms with E-state index in [2.05, 4.69) is 11.8 Å². The average Bonchev–Trinajstić information content (AvgIpc) is 2.13. The molecule has 1 rings (SSSR count). The lowest BCUT2D eigenvalue weighted by molar-refractivity contribution is 0.618. The van der Waals surface area contributed by atoms with E-state index in [4.69, 9.17) is 16.9 Å². The molecule has 1 nitrogen and oxygen atoms in total. The van der Waals surface area contributed by atoms with Gasteiger partial charge in [0, 0.05) is 17.0 Å². The van der Waals surface area contributed by atoms with Crippen molar-refractivity contribution in [2.45, 2.75) is 6.92 Å². The summed E-state index contributed by atoms with van der Waals surface area (Å²) in [5.41, 5.74) is 0.827. The zero-order valence-corrected chi connectivity index (χ0v) is 7.61. The van der Waals surface area contributed by atoms with Crippen LogP contribution in [0.5, 0.6) is 0 Å². The van der Waals surface area contributed by atoms with Crippen LogP contribution in [-0.4, -0.2) is 0 Å².